The summed E-state index contributed by atoms with van der Waals surface area (Å²) >= 11 is 0. The van der Waals surface area contributed by atoms with Crippen LogP contribution in [-0.4, -0.2) is 40.9 Å². The van der Waals surface area contributed by atoms with Crippen LogP contribution in [0.3, 0.4) is 0 Å². The number of piperidine rings is 1. The van der Waals surface area contributed by atoms with Gasteiger partial charge in [-0.3, -0.25) is 14.4 Å². The molecule has 1 fully saturated rings. The van der Waals surface area contributed by atoms with Crippen molar-refractivity contribution in [3.63, 3.8) is 0 Å². The molecule has 0 spiro atoms. The van der Waals surface area contributed by atoms with E-state index in [2.05, 4.69) is 5.32 Å². The molecule has 1 heterocycles. The first-order chi connectivity index (χ1) is 11.9. The van der Waals surface area contributed by atoms with Crippen LogP contribution in [0.2, 0.25) is 0 Å². The van der Waals surface area contributed by atoms with Gasteiger partial charge in [0.2, 0.25) is 5.91 Å². The van der Waals surface area contributed by atoms with Crippen molar-refractivity contribution in [1.29, 1.82) is 0 Å². The fraction of sp³-hybridized carbons (Fsp3) is 0.421. The molecule has 0 saturated carbocycles. The van der Waals surface area contributed by atoms with Crippen molar-refractivity contribution in [2.75, 3.05) is 13.1 Å². The lowest BCUT2D eigenvalue weighted by molar-refractivity contribution is -0.143. The number of allylic oxidation sites excluding steroid dienone is 1. The van der Waals surface area contributed by atoms with Crippen molar-refractivity contribution in [3.05, 3.63) is 47.0 Å². The van der Waals surface area contributed by atoms with Crippen LogP contribution < -0.4 is 5.32 Å². The van der Waals surface area contributed by atoms with Crippen molar-refractivity contribution in [2.24, 2.45) is 5.92 Å². The highest BCUT2D eigenvalue weighted by atomic mass is 16.4. The number of nitrogens with zero attached hydrogens (tertiary/aromatic N) is 1. The van der Waals surface area contributed by atoms with Gasteiger partial charge in [0.15, 0.2) is 0 Å². The number of carboxylic acids is 1. The van der Waals surface area contributed by atoms with Crippen molar-refractivity contribution in [1.82, 2.24) is 10.2 Å². The first-order valence-corrected chi connectivity index (χ1v) is 8.40. The fourth-order valence-electron chi connectivity index (χ4n) is 2.81. The molecule has 25 heavy (non-hydrogen) atoms. The number of likely N-dealkylation sites (tertiary alicyclic amines) is 1. The van der Waals surface area contributed by atoms with Crippen LogP contribution in [0.15, 0.2) is 35.9 Å². The molecule has 2 amide bonds. The number of benzene rings is 1. The van der Waals surface area contributed by atoms with Gasteiger partial charge < -0.3 is 15.3 Å². The lowest BCUT2D eigenvalue weighted by Crippen LogP contribution is -2.42. The van der Waals surface area contributed by atoms with Crippen molar-refractivity contribution in [2.45, 2.75) is 33.2 Å². The van der Waals surface area contributed by atoms with E-state index in [1.807, 2.05) is 13.8 Å². The molecule has 1 atom stereocenters. The molecule has 1 aliphatic rings. The molecule has 0 radical (unpaired) electrons. The number of hydrogen-bond donors (Lipinski definition) is 2. The van der Waals surface area contributed by atoms with Gasteiger partial charge in [-0.05, 0) is 44.4 Å². The Morgan fingerprint density at radius 3 is 2.52 bits per heavy atom. The summed E-state index contributed by atoms with van der Waals surface area (Å²) < 4.78 is 0. The van der Waals surface area contributed by atoms with E-state index in [9.17, 15) is 14.4 Å². The first-order valence-electron chi connectivity index (χ1n) is 8.40. The molecule has 134 valence electrons. The molecule has 6 heteroatoms. The number of nitrogens with one attached hydrogen (secondary N) is 1. The number of carboxylic acid groups (broad SMARTS) is 1. The minimum Gasteiger partial charge on any atom is -0.481 e. The van der Waals surface area contributed by atoms with Crippen molar-refractivity contribution in [3.8, 4) is 0 Å². The number of carbonyl (C=O) groups is 3. The van der Waals surface area contributed by atoms with Gasteiger partial charge in [-0.25, -0.2) is 0 Å². The SMILES string of the molecule is CC(C)=CC(=O)NCc1ccc(C(=O)N2CCC[C@@H](C(=O)O)C2)cc1. The van der Waals surface area contributed by atoms with E-state index in [1.54, 1.807) is 29.2 Å². The third-order valence-electron chi connectivity index (χ3n) is 4.15. The Hall–Kier alpha value is -2.63. The maximum absolute atomic E-state index is 12.5. The Morgan fingerprint density at radius 1 is 1.24 bits per heavy atom. The van der Waals surface area contributed by atoms with Gasteiger partial charge in [-0.1, -0.05) is 17.7 Å². The molecule has 1 aliphatic heterocycles. The fourth-order valence-corrected chi connectivity index (χ4v) is 2.81. The van der Waals surface area contributed by atoms with E-state index in [0.717, 1.165) is 11.1 Å². The predicted octanol–water partition coefficient (Wildman–Crippen LogP) is 2.21. The van der Waals surface area contributed by atoms with E-state index >= 15 is 0 Å². The predicted molar refractivity (Wildman–Crippen MR) is 94.0 cm³/mol. The van der Waals surface area contributed by atoms with Crippen molar-refractivity contribution >= 4 is 17.8 Å². The highest BCUT2D eigenvalue weighted by Gasteiger charge is 2.28. The first kappa shape index (κ1) is 18.7. The molecular formula is C19H24N2O4. The van der Waals surface area contributed by atoms with E-state index in [-0.39, 0.29) is 18.4 Å². The molecule has 1 saturated heterocycles. The summed E-state index contributed by atoms with van der Waals surface area (Å²) in [6, 6.07) is 7.04. The second kappa shape index (κ2) is 8.46. The molecule has 1 aromatic rings. The van der Waals surface area contributed by atoms with Crippen LogP contribution in [0, 0.1) is 5.92 Å². The summed E-state index contributed by atoms with van der Waals surface area (Å²) in [7, 11) is 0. The topological polar surface area (TPSA) is 86.7 Å². The maximum atomic E-state index is 12.5. The van der Waals surface area contributed by atoms with Gasteiger partial charge in [0.1, 0.15) is 0 Å². The minimum absolute atomic E-state index is 0.145. The Bertz CT molecular complexity index is 675. The standard InChI is InChI=1S/C19H24N2O4/c1-13(2)10-17(22)20-11-14-5-7-15(8-6-14)18(23)21-9-3-4-16(12-21)19(24)25/h5-8,10,16H,3-4,9,11-12H2,1-2H3,(H,20,22)(H,24,25)/t16-/m1/s1. The van der Waals surface area contributed by atoms with Crippen LogP contribution in [0.25, 0.3) is 0 Å². The van der Waals surface area contributed by atoms with Crippen molar-refractivity contribution < 1.29 is 19.5 Å². The second-order valence-corrected chi connectivity index (χ2v) is 6.56. The molecular weight excluding hydrogens is 320 g/mol. The summed E-state index contributed by atoms with van der Waals surface area (Å²) in [6.45, 7) is 4.95. The summed E-state index contributed by atoms with van der Waals surface area (Å²) in [5.74, 6) is -1.62. The van der Waals surface area contributed by atoms with E-state index in [4.69, 9.17) is 5.11 Å². The largest absolute Gasteiger partial charge is 0.481 e. The minimum atomic E-state index is -0.847. The lowest BCUT2D eigenvalue weighted by atomic mass is 9.97. The van der Waals surface area contributed by atoms with Gasteiger partial charge in [0.05, 0.1) is 5.92 Å². The zero-order valence-corrected chi connectivity index (χ0v) is 14.6. The molecule has 2 N–H and O–H groups in total. The Kier molecular flexibility index (Phi) is 6.33. The van der Waals surface area contributed by atoms with E-state index in [0.29, 0.717) is 31.5 Å². The maximum Gasteiger partial charge on any atom is 0.308 e. The third-order valence-corrected chi connectivity index (χ3v) is 4.15. The molecule has 6 nitrogen and oxygen atoms in total. The lowest BCUT2D eigenvalue weighted by Gasteiger charge is -2.30. The van der Waals surface area contributed by atoms with Gasteiger partial charge in [-0.15, -0.1) is 0 Å². The van der Waals surface area contributed by atoms with Crippen LogP contribution >= 0.6 is 0 Å². The van der Waals surface area contributed by atoms with Gasteiger partial charge in [0.25, 0.3) is 5.91 Å². The highest BCUT2D eigenvalue weighted by Crippen LogP contribution is 2.19. The number of rotatable bonds is 5. The Morgan fingerprint density at radius 2 is 1.92 bits per heavy atom. The smallest absolute Gasteiger partial charge is 0.308 e. The summed E-state index contributed by atoms with van der Waals surface area (Å²) in [5.41, 5.74) is 2.36. The number of hydrogen-bond acceptors (Lipinski definition) is 3. The highest BCUT2D eigenvalue weighted by molar-refractivity contribution is 5.94. The van der Waals surface area contributed by atoms with Gasteiger partial charge in [0, 0.05) is 31.3 Å². The Labute approximate surface area is 147 Å². The number of aliphatic carboxylic acids is 1. The number of amides is 2. The molecule has 2 rings (SSSR count). The monoisotopic (exact) mass is 344 g/mol. The van der Waals surface area contributed by atoms with Gasteiger partial charge >= 0.3 is 5.97 Å². The zero-order valence-electron chi connectivity index (χ0n) is 14.6. The molecule has 0 aliphatic carbocycles. The van der Waals surface area contributed by atoms with E-state index in [1.165, 1.54) is 6.08 Å². The van der Waals surface area contributed by atoms with Crippen LogP contribution in [0.1, 0.15) is 42.6 Å². The second-order valence-electron chi connectivity index (χ2n) is 6.56. The van der Waals surface area contributed by atoms with Crippen LogP contribution in [0.5, 0.6) is 0 Å². The molecule has 0 bridgehead atoms. The van der Waals surface area contributed by atoms with E-state index < -0.39 is 11.9 Å². The van der Waals surface area contributed by atoms with Crippen LogP contribution in [-0.2, 0) is 16.1 Å². The molecule has 0 unspecified atom stereocenters. The third kappa shape index (κ3) is 5.45. The average molecular weight is 344 g/mol. The molecule has 0 aromatic heterocycles. The van der Waals surface area contributed by atoms with Gasteiger partial charge in [-0.2, -0.15) is 0 Å². The average Bonchev–Trinajstić information content (AvgIpc) is 2.59. The summed E-state index contributed by atoms with van der Waals surface area (Å²) in [5, 5.41) is 11.9. The summed E-state index contributed by atoms with van der Waals surface area (Å²) in [4.78, 5) is 36.8. The number of carbonyl (C=O) groups excluding carboxylic acids is 2. The molecule has 1 aromatic carbocycles. The quantitative estimate of drug-likeness (QED) is 0.802. The zero-order chi connectivity index (χ0) is 18.4. The van der Waals surface area contributed by atoms with Crippen LogP contribution in [0.4, 0.5) is 0 Å². The Balaban J connectivity index is 1.95. The normalized spacial score (nSPS) is 16.9. The summed E-state index contributed by atoms with van der Waals surface area (Å²) in [6.07, 6.45) is 2.85.